The average molecular weight is 199 g/mol. The molecular formula is C12H25NO. The Morgan fingerprint density at radius 2 is 2.00 bits per heavy atom. The molecule has 0 heterocycles. The van der Waals surface area contributed by atoms with Gasteiger partial charge in [-0.25, -0.2) is 0 Å². The average Bonchev–Trinajstić information content (AvgIpc) is 2.08. The summed E-state index contributed by atoms with van der Waals surface area (Å²) >= 11 is 0. The zero-order valence-corrected chi connectivity index (χ0v) is 10.1. The van der Waals surface area contributed by atoms with Gasteiger partial charge in [0.15, 0.2) is 0 Å². The predicted octanol–water partition coefficient (Wildman–Crippen LogP) is 2.44. The standard InChI is InChI=1S/C12H25NO/c1-10(2)11(8-14-4)13-9-12(3)6-5-7-12/h10-11,13H,5-9H2,1-4H3. The largest absolute Gasteiger partial charge is 0.383 e. The molecule has 1 aliphatic rings. The van der Waals surface area contributed by atoms with Crippen LogP contribution >= 0.6 is 0 Å². The Morgan fingerprint density at radius 3 is 2.36 bits per heavy atom. The van der Waals surface area contributed by atoms with Gasteiger partial charge in [-0.3, -0.25) is 0 Å². The van der Waals surface area contributed by atoms with Crippen LogP contribution in [0.15, 0.2) is 0 Å². The number of nitrogens with one attached hydrogen (secondary N) is 1. The van der Waals surface area contributed by atoms with E-state index in [1.54, 1.807) is 7.11 Å². The first-order valence-electron chi connectivity index (χ1n) is 5.80. The molecule has 1 unspecified atom stereocenters. The van der Waals surface area contributed by atoms with Crippen LogP contribution in [0.2, 0.25) is 0 Å². The molecule has 1 aliphatic carbocycles. The highest BCUT2D eigenvalue weighted by Gasteiger charge is 2.32. The van der Waals surface area contributed by atoms with E-state index in [0.717, 1.165) is 13.2 Å². The third-order valence-corrected chi connectivity index (χ3v) is 3.50. The Kier molecular flexibility index (Phi) is 4.39. The van der Waals surface area contributed by atoms with Gasteiger partial charge < -0.3 is 10.1 Å². The molecule has 0 spiro atoms. The lowest BCUT2D eigenvalue weighted by atomic mass is 9.70. The molecule has 0 saturated heterocycles. The number of methoxy groups -OCH3 is 1. The van der Waals surface area contributed by atoms with Crippen molar-refractivity contribution in [3.63, 3.8) is 0 Å². The van der Waals surface area contributed by atoms with E-state index in [0.29, 0.717) is 17.4 Å². The van der Waals surface area contributed by atoms with Gasteiger partial charge in [0.1, 0.15) is 0 Å². The normalized spacial score (nSPS) is 22.1. The topological polar surface area (TPSA) is 21.3 Å². The fraction of sp³-hybridized carbons (Fsp3) is 1.00. The summed E-state index contributed by atoms with van der Waals surface area (Å²) in [7, 11) is 1.78. The summed E-state index contributed by atoms with van der Waals surface area (Å²) in [6.45, 7) is 8.86. The van der Waals surface area contributed by atoms with E-state index in [9.17, 15) is 0 Å². The molecule has 0 aliphatic heterocycles. The van der Waals surface area contributed by atoms with Crippen LogP contribution < -0.4 is 5.32 Å². The first-order chi connectivity index (χ1) is 6.57. The highest BCUT2D eigenvalue weighted by molar-refractivity contribution is 4.86. The van der Waals surface area contributed by atoms with Gasteiger partial charge in [-0.2, -0.15) is 0 Å². The molecule has 2 nitrogen and oxygen atoms in total. The van der Waals surface area contributed by atoms with Crippen LogP contribution in [0.1, 0.15) is 40.0 Å². The van der Waals surface area contributed by atoms with Crippen molar-refractivity contribution >= 4 is 0 Å². The van der Waals surface area contributed by atoms with Gasteiger partial charge >= 0.3 is 0 Å². The quantitative estimate of drug-likeness (QED) is 0.709. The summed E-state index contributed by atoms with van der Waals surface area (Å²) < 4.78 is 5.22. The number of ether oxygens (including phenoxy) is 1. The molecule has 0 bridgehead atoms. The summed E-state index contributed by atoms with van der Waals surface area (Å²) in [6, 6.07) is 0.512. The summed E-state index contributed by atoms with van der Waals surface area (Å²) in [6.07, 6.45) is 4.18. The lowest BCUT2D eigenvalue weighted by Crippen LogP contribution is -2.45. The van der Waals surface area contributed by atoms with Crippen molar-refractivity contribution in [1.82, 2.24) is 5.32 Å². The first kappa shape index (κ1) is 12.0. The molecule has 0 amide bonds. The van der Waals surface area contributed by atoms with Crippen molar-refractivity contribution in [1.29, 1.82) is 0 Å². The van der Waals surface area contributed by atoms with E-state index in [1.165, 1.54) is 19.3 Å². The molecular weight excluding hydrogens is 174 g/mol. The summed E-state index contributed by atoms with van der Waals surface area (Å²) in [5, 5.41) is 3.64. The van der Waals surface area contributed by atoms with Crippen molar-refractivity contribution in [2.45, 2.75) is 46.1 Å². The second kappa shape index (κ2) is 5.13. The van der Waals surface area contributed by atoms with Crippen LogP contribution in [-0.4, -0.2) is 26.3 Å². The molecule has 0 radical (unpaired) electrons. The molecule has 1 fully saturated rings. The molecule has 1 N–H and O–H groups in total. The van der Waals surface area contributed by atoms with Crippen LogP contribution in [0.4, 0.5) is 0 Å². The molecule has 14 heavy (non-hydrogen) atoms. The second-order valence-electron chi connectivity index (χ2n) is 5.35. The van der Waals surface area contributed by atoms with E-state index < -0.39 is 0 Å². The van der Waals surface area contributed by atoms with E-state index in [4.69, 9.17) is 4.74 Å². The fourth-order valence-corrected chi connectivity index (χ4v) is 2.00. The molecule has 0 aromatic carbocycles. The van der Waals surface area contributed by atoms with Crippen LogP contribution in [0, 0.1) is 11.3 Å². The first-order valence-corrected chi connectivity index (χ1v) is 5.80. The van der Waals surface area contributed by atoms with Gasteiger partial charge in [-0.1, -0.05) is 27.2 Å². The smallest absolute Gasteiger partial charge is 0.0618 e. The van der Waals surface area contributed by atoms with Crippen molar-refractivity contribution in [2.24, 2.45) is 11.3 Å². The van der Waals surface area contributed by atoms with Gasteiger partial charge in [0.2, 0.25) is 0 Å². The molecule has 1 rings (SSSR count). The van der Waals surface area contributed by atoms with Crippen LogP contribution in [0.5, 0.6) is 0 Å². The maximum Gasteiger partial charge on any atom is 0.0618 e. The minimum absolute atomic E-state index is 0.512. The Balaban J connectivity index is 2.25. The van der Waals surface area contributed by atoms with Crippen LogP contribution in [-0.2, 0) is 4.74 Å². The van der Waals surface area contributed by atoms with Crippen molar-refractivity contribution in [3.05, 3.63) is 0 Å². The highest BCUT2D eigenvalue weighted by Crippen LogP contribution is 2.39. The van der Waals surface area contributed by atoms with E-state index >= 15 is 0 Å². The van der Waals surface area contributed by atoms with Crippen molar-refractivity contribution < 1.29 is 4.74 Å². The zero-order chi connectivity index (χ0) is 10.6. The SMILES string of the molecule is COCC(NCC1(C)CCC1)C(C)C. The lowest BCUT2D eigenvalue weighted by molar-refractivity contribution is 0.111. The Morgan fingerprint density at radius 1 is 1.36 bits per heavy atom. The van der Waals surface area contributed by atoms with E-state index in [-0.39, 0.29) is 0 Å². The summed E-state index contributed by atoms with van der Waals surface area (Å²) in [5.41, 5.74) is 0.570. The van der Waals surface area contributed by atoms with Crippen LogP contribution in [0.25, 0.3) is 0 Å². The Hall–Kier alpha value is -0.0800. The number of hydrogen-bond acceptors (Lipinski definition) is 2. The molecule has 2 heteroatoms. The highest BCUT2D eigenvalue weighted by atomic mass is 16.5. The number of hydrogen-bond donors (Lipinski definition) is 1. The van der Waals surface area contributed by atoms with Gasteiger partial charge in [0, 0.05) is 19.7 Å². The summed E-state index contributed by atoms with van der Waals surface area (Å²) in [5.74, 6) is 0.652. The lowest BCUT2D eigenvalue weighted by Gasteiger charge is -2.40. The molecule has 1 saturated carbocycles. The minimum Gasteiger partial charge on any atom is -0.383 e. The third-order valence-electron chi connectivity index (χ3n) is 3.50. The van der Waals surface area contributed by atoms with Gasteiger partial charge in [0.05, 0.1) is 6.61 Å². The number of rotatable bonds is 6. The van der Waals surface area contributed by atoms with E-state index in [1.807, 2.05) is 0 Å². The second-order valence-corrected chi connectivity index (χ2v) is 5.35. The van der Waals surface area contributed by atoms with Gasteiger partial charge in [-0.15, -0.1) is 0 Å². The third kappa shape index (κ3) is 3.25. The van der Waals surface area contributed by atoms with Crippen molar-refractivity contribution in [3.8, 4) is 0 Å². The zero-order valence-electron chi connectivity index (χ0n) is 10.1. The van der Waals surface area contributed by atoms with Gasteiger partial charge in [-0.05, 0) is 24.2 Å². The molecule has 84 valence electrons. The molecule has 0 aromatic heterocycles. The molecule has 1 atom stereocenters. The summed E-state index contributed by atoms with van der Waals surface area (Å²) in [4.78, 5) is 0. The monoisotopic (exact) mass is 199 g/mol. The minimum atomic E-state index is 0.512. The predicted molar refractivity (Wildman–Crippen MR) is 60.5 cm³/mol. The Bertz CT molecular complexity index is 164. The van der Waals surface area contributed by atoms with Crippen molar-refractivity contribution in [2.75, 3.05) is 20.3 Å². The van der Waals surface area contributed by atoms with E-state index in [2.05, 4.69) is 26.1 Å². The Labute approximate surface area is 88.4 Å². The maximum absolute atomic E-state index is 5.22. The molecule has 0 aromatic rings. The van der Waals surface area contributed by atoms with Crippen LogP contribution in [0.3, 0.4) is 0 Å². The van der Waals surface area contributed by atoms with Gasteiger partial charge in [0.25, 0.3) is 0 Å². The maximum atomic E-state index is 5.22. The fourth-order valence-electron chi connectivity index (χ4n) is 2.00.